The first-order chi connectivity index (χ1) is 25.8. The molecule has 1 saturated heterocycles. The molecular weight excluding hydrogens is 670 g/mol. The van der Waals surface area contributed by atoms with Crippen LogP contribution in [-0.4, -0.2) is 87.5 Å². The van der Waals surface area contributed by atoms with Crippen molar-refractivity contribution in [2.24, 2.45) is 0 Å². The Balaban J connectivity index is 2.45. The maximum absolute atomic E-state index is 12.9. The molecule has 53 heavy (non-hydrogen) atoms. The van der Waals surface area contributed by atoms with Crippen LogP contribution in [0, 0.1) is 0 Å². The van der Waals surface area contributed by atoms with E-state index in [1.807, 2.05) is 6.08 Å². The third-order valence-corrected chi connectivity index (χ3v) is 9.24. The number of nitrogens with one attached hydrogen (secondary N) is 1. The molecular formula is C44H75NO8. The molecule has 304 valence electrons. The van der Waals surface area contributed by atoms with Crippen molar-refractivity contribution in [3.8, 4) is 0 Å². The minimum absolute atomic E-state index is 0.207. The van der Waals surface area contributed by atoms with Crippen LogP contribution >= 0.6 is 0 Å². The van der Waals surface area contributed by atoms with E-state index in [-0.39, 0.29) is 12.5 Å². The van der Waals surface area contributed by atoms with Crippen LogP contribution in [0.2, 0.25) is 0 Å². The quantitative estimate of drug-likeness (QED) is 0.0302. The molecule has 0 aromatic carbocycles. The van der Waals surface area contributed by atoms with Gasteiger partial charge in [0.25, 0.3) is 0 Å². The van der Waals surface area contributed by atoms with Crippen LogP contribution in [0.3, 0.4) is 0 Å². The topological polar surface area (TPSA) is 149 Å². The van der Waals surface area contributed by atoms with E-state index in [1.54, 1.807) is 6.08 Å². The molecule has 9 heteroatoms. The van der Waals surface area contributed by atoms with E-state index in [9.17, 15) is 30.3 Å². The summed E-state index contributed by atoms with van der Waals surface area (Å²) in [7, 11) is 0. The molecule has 0 bridgehead atoms. The summed E-state index contributed by atoms with van der Waals surface area (Å²) >= 11 is 0. The SMILES string of the molecule is CC/C=C\C/C=C\C/C=C\CCCCCCCCCC(=O)NC(COC1OC(CO)C(O)C(O)C1O)C(O)/C=C/CC/C=C/CC/C=C/CCCCC. The molecule has 1 fully saturated rings. The molecule has 9 nitrogen and oxygen atoms in total. The lowest BCUT2D eigenvalue weighted by Gasteiger charge is -2.40. The first kappa shape index (κ1) is 48.6. The number of amides is 1. The number of carbonyl (C=O) groups excluding carboxylic acids is 1. The molecule has 0 radical (unpaired) electrons. The Morgan fingerprint density at radius 2 is 1.19 bits per heavy atom. The van der Waals surface area contributed by atoms with Gasteiger partial charge in [-0.05, 0) is 77.0 Å². The highest BCUT2D eigenvalue weighted by Crippen LogP contribution is 2.22. The number of aliphatic hydroxyl groups is 5. The molecule has 0 spiro atoms. The summed E-state index contributed by atoms with van der Waals surface area (Å²) in [5, 5.41) is 54.0. The fourth-order valence-corrected chi connectivity index (χ4v) is 5.90. The first-order valence-electron chi connectivity index (χ1n) is 20.7. The van der Waals surface area contributed by atoms with E-state index in [1.165, 1.54) is 38.5 Å². The zero-order valence-corrected chi connectivity index (χ0v) is 33.0. The van der Waals surface area contributed by atoms with E-state index in [4.69, 9.17) is 9.47 Å². The second kappa shape index (κ2) is 34.1. The van der Waals surface area contributed by atoms with Gasteiger partial charge in [0.05, 0.1) is 25.4 Å². The molecule has 1 heterocycles. The molecule has 1 aliphatic rings. The summed E-state index contributed by atoms with van der Waals surface area (Å²) in [6, 6.07) is -0.834. The summed E-state index contributed by atoms with van der Waals surface area (Å²) in [5.74, 6) is -0.207. The maximum Gasteiger partial charge on any atom is 0.220 e. The van der Waals surface area contributed by atoms with Crippen LogP contribution in [0.1, 0.15) is 142 Å². The van der Waals surface area contributed by atoms with Crippen LogP contribution < -0.4 is 5.32 Å². The van der Waals surface area contributed by atoms with Crippen LogP contribution in [-0.2, 0) is 14.3 Å². The van der Waals surface area contributed by atoms with Crippen molar-refractivity contribution in [2.75, 3.05) is 13.2 Å². The normalized spacial score (nSPS) is 22.4. The zero-order chi connectivity index (χ0) is 38.8. The molecule has 1 aliphatic heterocycles. The van der Waals surface area contributed by atoms with Crippen molar-refractivity contribution in [1.29, 1.82) is 0 Å². The number of hydrogen-bond donors (Lipinski definition) is 6. The zero-order valence-electron chi connectivity index (χ0n) is 33.0. The Bertz CT molecular complexity index is 1050. The highest BCUT2D eigenvalue weighted by Gasteiger charge is 2.44. The van der Waals surface area contributed by atoms with Crippen molar-refractivity contribution < 1.29 is 39.8 Å². The van der Waals surface area contributed by atoms with Gasteiger partial charge in [0.1, 0.15) is 24.4 Å². The van der Waals surface area contributed by atoms with Gasteiger partial charge in [0, 0.05) is 6.42 Å². The fraction of sp³-hybridized carbons (Fsp3) is 0.705. The summed E-state index contributed by atoms with van der Waals surface area (Å²) in [6.45, 7) is 3.57. The average molecular weight is 746 g/mol. The standard InChI is InChI=1S/C44H75NO8/c1-3-5-7-9-11-13-15-17-18-19-20-22-24-26-28-30-32-34-40(48)45-37(36-52-44-43(51)42(50)41(49)39(35-46)53-44)38(47)33-31-29-27-25-23-21-16-14-12-10-8-6-4-2/h5,7,11-14,17-18,23,25,31,33,37-39,41-44,46-47,49-51H,3-4,6,8-10,15-16,19-22,24,26-30,32,34-36H2,1-2H3,(H,45,48)/b7-5-,13-11-,14-12+,18-17-,25-23+,33-31+. The van der Waals surface area contributed by atoms with Gasteiger partial charge in [-0.1, -0.05) is 132 Å². The smallest absolute Gasteiger partial charge is 0.220 e. The Hall–Kier alpha value is -2.37. The summed E-state index contributed by atoms with van der Waals surface area (Å²) in [5.41, 5.74) is 0. The van der Waals surface area contributed by atoms with E-state index >= 15 is 0 Å². The second-order valence-corrected chi connectivity index (χ2v) is 14.0. The Morgan fingerprint density at radius 1 is 0.660 bits per heavy atom. The van der Waals surface area contributed by atoms with Gasteiger partial charge >= 0.3 is 0 Å². The number of rotatable bonds is 32. The van der Waals surface area contributed by atoms with Gasteiger partial charge in [-0.2, -0.15) is 0 Å². The van der Waals surface area contributed by atoms with Crippen molar-refractivity contribution in [3.63, 3.8) is 0 Å². The van der Waals surface area contributed by atoms with Gasteiger partial charge in [-0.3, -0.25) is 4.79 Å². The number of ether oxygens (including phenoxy) is 2. The highest BCUT2D eigenvalue weighted by atomic mass is 16.7. The lowest BCUT2D eigenvalue weighted by molar-refractivity contribution is -0.302. The predicted octanol–water partition coefficient (Wildman–Crippen LogP) is 7.83. The summed E-state index contributed by atoms with van der Waals surface area (Å²) in [6.07, 6.45) is 38.0. The van der Waals surface area contributed by atoms with E-state index in [0.717, 1.165) is 83.5 Å². The second-order valence-electron chi connectivity index (χ2n) is 14.0. The molecule has 7 atom stereocenters. The summed E-state index contributed by atoms with van der Waals surface area (Å²) in [4.78, 5) is 12.9. The van der Waals surface area contributed by atoms with Crippen LogP contribution in [0.5, 0.6) is 0 Å². The highest BCUT2D eigenvalue weighted by molar-refractivity contribution is 5.76. The van der Waals surface area contributed by atoms with Gasteiger partial charge < -0.3 is 40.3 Å². The maximum atomic E-state index is 12.9. The first-order valence-corrected chi connectivity index (χ1v) is 20.7. The molecule has 0 saturated carbocycles. The van der Waals surface area contributed by atoms with Crippen LogP contribution in [0.15, 0.2) is 72.9 Å². The molecule has 0 aliphatic carbocycles. The number of carbonyl (C=O) groups is 1. The van der Waals surface area contributed by atoms with E-state index < -0.39 is 49.5 Å². The minimum atomic E-state index is -1.58. The lowest BCUT2D eigenvalue weighted by Crippen LogP contribution is -2.60. The largest absolute Gasteiger partial charge is 0.394 e. The summed E-state index contributed by atoms with van der Waals surface area (Å²) < 4.78 is 11.1. The van der Waals surface area contributed by atoms with Crippen LogP contribution in [0.25, 0.3) is 0 Å². The van der Waals surface area contributed by atoms with E-state index in [0.29, 0.717) is 6.42 Å². The predicted molar refractivity (Wildman–Crippen MR) is 216 cm³/mol. The van der Waals surface area contributed by atoms with Crippen molar-refractivity contribution in [1.82, 2.24) is 5.32 Å². The third-order valence-electron chi connectivity index (χ3n) is 9.24. The lowest BCUT2D eigenvalue weighted by atomic mass is 9.99. The van der Waals surface area contributed by atoms with Crippen LogP contribution in [0.4, 0.5) is 0 Å². The Morgan fingerprint density at radius 3 is 1.81 bits per heavy atom. The molecule has 0 aromatic heterocycles. The number of unbranched alkanes of at least 4 members (excludes halogenated alkanes) is 12. The Kier molecular flexibility index (Phi) is 31.3. The van der Waals surface area contributed by atoms with Crippen molar-refractivity contribution in [3.05, 3.63) is 72.9 Å². The van der Waals surface area contributed by atoms with Gasteiger partial charge in [-0.15, -0.1) is 0 Å². The number of allylic oxidation sites excluding steroid dienone is 11. The van der Waals surface area contributed by atoms with Gasteiger partial charge in [-0.25, -0.2) is 0 Å². The molecule has 1 rings (SSSR count). The molecule has 0 aromatic rings. The van der Waals surface area contributed by atoms with E-state index in [2.05, 4.69) is 79.9 Å². The minimum Gasteiger partial charge on any atom is -0.394 e. The Labute approximate surface area is 321 Å². The number of aliphatic hydroxyl groups excluding tert-OH is 5. The fourth-order valence-electron chi connectivity index (χ4n) is 5.90. The molecule has 6 N–H and O–H groups in total. The van der Waals surface area contributed by atoms with Gasteiger partial charge in [0.15, 0.2) is 6.29 Å². The van der Waals surface area contributed by atoms with Crippen molar-refractivity contribution >= 4 is 5.91 Å². The number of hydrogen-bond acceptors (Lipinski definition) is 8. The molecule has 7 unspecified atom stereocenters. The van der Waals surface area contributed by atoms with Crippen molar-refractivity contribution in [2.45, 2.75) is 185 Å². The monoisotopic (exact) mass is 746 g/mol. The third kappa shape index (κ3) is 25.4. The molecule has 1 amide bonds. The average Bonchev–Trinajstić information content (AvgIpc) is 3.16. The van der Waals surface area contributed by atoms with Gasteiger partial charge in [0.2, 0.25) is 5.91 Å².